The zero-order chi connectivity index (χ0) is 13.7. The fourth-order valence-corrected chi connectivity index (χ4v) is 2.58. The van der Waals surface area contributed by atoms with Crippen molar-refractivity contribution in [3.63, 3.8) is 0 Å². The smallest absolute Gasteiger partial charge is 0.234 e. The second-order valence-corrected chi connectivity index (χ2v) is 5.15. The van der Waals surface area contributed by atoms with Crippen LogP contribution in [0.25, 0.3) is 11.3 Å². The molecule has 0 bridgehead atoms. The van der Waals surface area contributed by atoms with Crippen molar-refractivity contribution in [1.29, 1.82) is 0 Å². The van der Waals surface area contributed by atoms with Crippen LogP contribution in [0.2, 0.25) is 0 Å². The third-order valence-electron chi connectivity index (χ3n) is 2.68. The number of aromatic nitrogens is 1. The molecule has 0 aliphatic carbocycles. The second-order valence-electron chi connectivity index (χ2n) is 4.26. The first-order chi connectivity index (χ1) is 9.20. The lowest BCUT2D eigenvalue weighted by molar-refractivity contribution is -0.120. The van der Waals surface area contributed by atoms with Crippen molar-refractivity contribution >= 4 is 29.7 Å². The number of thiazole rings is 1. The van der Waals surface area contributed by atoms with E-state index in [1.807, 2.05) is 42.6 Å². The average molecular weight is 312 g/mol. The lowest BCUT2D eigenvalue weighted by Crippen LogP contribution is -2.33. The number of likely N-dealkylation sites (N-methyl/N-ethyl adjacent to an activating group) is 1. The molecule has 2 rings (SSSR count). The molecule has 6 heteroatoms. The van der Waals surface area contributed by atoms with Crippen LogP contribution in [0.4, 0.5) is 0 Å². The van der Waals surface area contributed by atoms with Gasteiger partial charge in [-0.1, -0.05) is 30.3 Å². The van der Waals surface area contributed by atoms with Gasteiger partial charge in [0, 0.05) is 10.9 Å². The zero-order valence-corrected chi connectivity index (χ0v) is 13.1. The zero-order valence-electron chi connectivity index (χ0n) is 11.4. The van der Waals surface area contributed by atoms with Gasteiger partial charge in [0.25, 0.3) is 0 Å². The number of nitrogens with zero attached hydrogens (tertiary/aromatic N) is 1. The lowest BCUT2D eigenvalue weighted by atomic mass is 10.2. The van der Waals surface area contributed by atoms with Gasteiger partial charge >= 0.3 is 0 Å². The first-order valence-corrected chi connectivity index (χ1v) is 7.03. The van der Waals surface area contributed by atoms with Crippen LogP contribution < -0.4 is 10.6 Å². The maximum Gasteiger partial charge on any atom is 0.234 e. The standard InChI is InChI=1S/C14H17N3OS.ClH/c1-10(16-13(18)8-15-2)14-17-12(9-19-14)11-6-4-3-5-7-11;/h3-7,9-10,15H,8H2,1-2H3,(H,16,18);1H. The molecule has 1 aromatic heterocycles. The number of hydrogen-bond acceptors (Lipinski definition) is 4. The van der Waals surface area contributed by atoms with Crippen molar-refractivity contribution in [2.75, 3.05) is 13.6 Å². The van der Waals surface area contributed by atoms with Gasteiger partial charge in [-0.2, -0.15) is 0 Å². The maximum atomic E-state index is 11.5. The number of nitrogens with one attached hydrogen (secondary N) is 2. The number of benzene rings is 1. The predicted octanol–water partition coefficient (Wildman–Crippen LogP) is 2.63. The average Bonchev–Trinajstić information content (AvgIpc) is 2.89. The second kappa shape index (κ2) is 7.99. The van der Waals surface area contributed by atoms with E-state index in [4.69, 9.17) is 0 Å². The Bertz CT molecular complexity index is 544. The molecule has 1 unspecified atom stereocenters. The molecule has 2 aromatic rings. The van der Waals surface area contributed by atoms with Crippen LogP contribution in [0.3, 0.4) is 0 Å². The summed E-state index contributed by atoms with van der Waals surface area (Å²) in [6.07, 6.45) is 0. The van der Waals surface area contributed by atoms with Gasteiger partial charge in [-0.15, -0.1) is 23.7 Å². The number of hydrogen-bond donors (Lipinski definition) is 2. The Morgan fingerprint density at radius 3 is 2.70 bits per heavy atom. The van der Waals surface area contributed by atoms with Crippen LogP contribution in [0.5, 0.6) is 0 Å². The monoisotopic (exact) mass is 311 g/mol. The maximum absolute atomic E-state index is 11.5. The molecule has 0 radical (unpaired) electrons. The number of carbonyl (C=O) groups is 1. The van der Waals surface area contributed by atoms with E-state index in [1.54, 1.807) is 18.4 Å². The summed E-state index contributed by atoms with van der Waals surface area (Å²) in [7, 11) is 1.75. The van der Waals surface area contributed by atoms with E-state index in [-0.39, 0.29) is 24.4 Å². The van der Waals surface area contributed by atoms with Crippen molar-refractivity contribution in [2.45, 2.75) is 13.0 Å². The van der Waals surface area contributed by atoms with Crippen molar-refractivity contribution in [1.82, 2.24) is 15.6 Å². The first kappa shape index (κ1) is 16.6. The van der Waals surface area contributed by atoms with Crippen molar-refractivity contribution in [3.8, 4) is 11.3 Å². The minimum absolute atomic E-state index is 0. The number of halogens is 1. The number of rotatable bonds is 5. The summed E-state index contributed by atoms with van der Waals surface area (Å²) in [6, 6.07) is 9.96. The van der Waals surface area contributed by atoms with Gasteiger partial charge in [-0.05, 0) is 14.0 Å². The molecule has 2 N–H and O–H groups in total. The summed E-state index contributed by atoms with van der Waals surface area (Å²) in [5.41, 5.74) is 2.05. The quantitative estimate of drug-likeness (QED) is 0.892. The van der Waals surface area contributed by atoms with Crippen LogP contribution in [0, 0.1) is 0 Å². The van der Waals surface area contributed by atoms with E-state index < -0.39 is 0 Å². The van der Waals surface area contributed by atoms with Gasteiger partial charge in [-0.25, -0.2) is 4.98 Å². The third kappa shape index (κ3) is 4.30. The summed E-state index contributed by atoms with van der Waals surface area (Å²) >= 11 is 1.57. The summed E-state index contributed by atoms with van der Waals surface area (Å²) in [5.74, 6) is -0.0218. The molecule has 20 heavy (non-hydrogen) atoms. The van der Waals surface area contributed by atoms with Gasteiger partial charge in [0.05, 0.1) is 18.3 Å². The lowest BCUT2D eigenvalue weighted by Gasteiger charge is -2.10. The van der Waals surface area contributed by atoms with Crippen molar-refractivity contribution in [2.24, 2.45) is 0 Å². The number of carbonyl (C=O) groups excluding carboxylic acids is 1. The molecule has 1 aromatic carbocycles. The molecule has 0 aliphatic rings. The van der Waals surface area contributed by atoms with Crippen LogP contribution in [-0.2, 0) is 4.79 Å². The summed E-state index contributed by atoms with van der Waals surface area (Å²) < 4.78 is 0. The number of amides is 1. The molecular weight excluding hydrogens is 294 g/mol. The fourth-order valence-electron chi connectivity index (χ4n) is 1.74. The summed E-state index contributed by atoms with van der Waals surface area (Å²) in [5, 5.41) is 8.67. The Labute approximate surface area is 129 Å². The van der Waals surface area contributed by atoms with Crippen LogP contribution in [-0.4, -0.2) is 24.5 Å². The Morgan fingerprint density at radius 2 is 2.05 bits per heavy atom. The Morgan fingerprint density at radius 1 is 1.35 bits per heavy atom. The Hall–Kier alpha value is -1.43. The van der Waals surface area contributed by atoms with E-state index >= 15 is 0 Å². The third-order valence-corrected chi connectivity index (χ3v) is 3.70. The van der Waals surface area contributed by atoms with Crippen molar-refractivity contribution < 1.29 is 4.79 Å². The minimum atomic E-state index is -0.0664. The molecule has 1 amide bonds. The highest BCUT2D eigenvalue weighted by Crippen LogP contribution is 2.25. The molecule has 1 atom stereocenters. The molecule has 0 saturated carbocycles. The van der Waals surface area contributed by atoms with Gasteiger partial charge in [0.1, 0.15) is 5.01 Å². The van der Waals surface area contributed by atoms with E-state index in [2.05, 4.69) is 15.6 Å². The largest absolute Gasteiger partial charge is 0.346 e. The minimum Gasteiger partial charge on any atom is -0.346 e. The van der Waals surface area contributed by atoms with Gasteiger partial charge in [-0.3, -0.25) is 4.79 Å². The van der Waals surface area contributed by atoms with E-state index in [0.29, 0.717) is 6.54 Å². The topological polar surface area (TPSA) is 54.0 Å². The molecule has 108 valence electrons. The molecular formula is C14H18ClN3OS. The van der Waals surface area contributed by atoms with E-state index in [0.717, 1.165) is 16.3 Å². The van der Waals surface area contributed by atoms with Crippen LogP contribution in [0.15, 0.2) is 35.7 Å². The molecule has 4 nitrogen and oxygen atoms in total. The summed E-state index contributed by atoms with van der Waals surface area (Å²) in [6.45, 7) is 2.27. The van der Waals surface area contributed by atoms with E-state index in [1.165, 1.54) is 0 Å². The van der Waals surface area contributed by atoms with Gasteiger partial charge < -0.3 is 10.6 Å². The molecule has 0 spiro atoms. The van der Waals surface area contributed by atoms with Gasteiger partial charge in [0.15, 0.2) is 0 Å². The van der Waals surface area contributed by atoms with Gasteiger partial charge in [0.2, 0.25) is 5.91 Å². The van der Waals surface area contributed by atoms with Crippen molar-refractivity contribution in [3.05, 3.63) is 40.7 Å². The summed E-state index contributed by atoms with van der Waals surface area (Å²) in [4.78, 5) is 16.1. The van der Waals surface area contributed by atoms with Crippen LogP contribution in [0.1, 0.15) is 18.0 Å². The van der Waals surface area contributed by atoms with Crippen LogP contribution >= 0.6 is 23.7 Å². The highest BCUT2D eigenvalue weighted by atomic mass is 35.5. The predicted molar refractivity (Wildman–Crippen MR) is 85.3 cm³/mol. The Kier molecular flexibility index (Phi) is 6.64. The molecule has 1 heterocycles. The molecule has 0 aliphatic heterocycles. The fraction of sp³-hybridized carbons (Fsp3) is 0.286. The SMILES string of the molecule is CNCC(=O)NC(C)c1nc(-c2ccccc2)cs1.Cl. The molecule has 0 saturated heterocycles. The normalized spacial score (nSPS) is 11.5. The highest BCUT2D eigenvalue weighted by Gasteiger charge is 2.13. The highest BCUT2D eigenvalue weighted by molar-refractivity contribution is 7.10. The Balaban J connectivity index is 0.00000200. The van der Waals surface area contributed by atoms with E-state index in [9.17, 15) is 4.79 Å². The molecule has 0 fully saturated rings. The first-order valence-electron chi connectivity index (χ1n) is 6.15.